The van der Waals surface area contributed by atoms with Gasteiger partial charge in [0.05, 0.1) is 24.1 Å². The second kappa shape index (κ2) is 6.45. The first-order chi connectivity index (χ1) is 10.0. The molecule has 0 atom stereocenters. The lowest BCUT2D eigenvalue weighted by Gasteiger charge is -2.12. The SMILES string of the molecule is CCOC(=O)c1cc(Nc2cccc(Cl)c2C)ncc1N. The van der Waals surface area contributed by atoms with Crippen molar-refractivity contribution < 1.29 is 9.53 Å². The van der Waals surface area contributed by atoms with Gasteiger partial charge in [-0.15, -0.1) is 0 Å². The second-order valence-electron chi connectivity index (χ2n) is 4.41. The quantitative estimate of drug-likeness (QED) is 0.845. The Morgan fingerprint density at radius 1 is 1.48 bits per heavy atom. The smallest absolute Gasteiger partial charge is 0.340 e. The number of hydrogen-bond donors (Lipinski definition) is 2. The molecule has 0 radical (unpaired) electrons. The lowest BCUT2D eigenvalue weighted by Crippen LogP contribution is -2.09. The molecule has 21 heavy (non-hydrogen) atoms. The number of rotatable bonds is 4. The van der Waals surface area contributed by atoms with E-state index in [9.17, 15) is 4.79 Å². The van der Waals surface area contributed by atoms with E-state index in [2.05, 4.69) is 10.3 Å². The van der Waals surface area contributed by atoms with Crippen LogP contribution in [0.15, 0.2) is 30.5 Å². The molecule has 1 heterocycles. The Kier molecular flexibility index (Phi) is 4.65. The van der Waals surface area contributed by atoms with Gasteiger partial charge in [-0.25, -0.2) is 9.78 Å². The first-order valence-electron chi connectivity index (χ1n) is 6.47. The highest BCUT2D eigenvalue weighted by atomic mass is 35.5. The minimum atomic E-state index is -0.469. The van der Waals surface area contributed by atoms with E-state index in [1.54, 1.807) is 13.0 Å². The molecule has 0 spiro atoms. The van der Waals surface area contributed by atoms with Crippen LogP contribution in [0.1, 0.15) is 22.8 Å². The average molecular weight is 306 g/mol. The molecule has 6 heteroatoms. The van der Waals surface area contributed by atoms with Crippen LogP contribution < -0.4 is 11.1 Å². The molecule has 0 aliphatic heterocycles. The molecule has 1 aromatic carbocycles. The predicted molar refractivity (Wildman–Crippen MR) is 84.1 cm³/mol. The number of pyridine rings is 1. The van der Waals surface area contributed by atoms with E-state index < -0.39 is 5.97 Å². The molecule has 0 saturated heterocycles. The molecule has 0 aliphatic rings. The summed E-state index contributed by atoms with van der Waals surface area (Å²) in [6.07, 6.45) is 1.43. The molecule has 0 fully saturated rings. The predicted octanol–water partition coefficient (Wildman–Crippen LogP) is 3.55. The zero-order valence-electron chi connectivity index (χ0n) is 11.8. The molecule has 110 valence electrons. The Labute approximate surface area is 128 Å². The maximum Gasteiger partial charge on any atom is 0.340 e. The number of ether oxygens (including phenoxy) is 1. The number of hydrogen-bond acceptors (Lipinski definition) is 5. The zero-order chi connectivity index (χ0) is 15.4. The third-order valence-electron chi connectivity index (χ3n) is 2.96. The normalized spacial score (nSPS) is 10.2. The lowest BCUT2D eigenvalue weighted by molar-refractivity contribution is 0.0527. The Morgan fingerprint density at radius 3 is 2.95 bits per heavy atom. The number of carbonyl (C=O) groups is 1. The van der Waals surface area contributed by atoms with Gasteiger partial charge < -0.3 is 15.8 Å². The van der Waals surface area contributed by atoms with Gasteiger partial charge in [0.15, 0.2) is 0 Å². The number of carbonyl (C=O) groups excluding carboxylic acids is 1. The Hall–Kier alpha value is -2.27. The molecule has 0 aliphatic carbocycles. The summed E-state index contributed by atoms with van der Waals surface area (Å²) in [7, 11) is 0. The van der Waals surface area contributed by atoms with Crippen LogP contribution in [-0.4, -0.2) is 17.6 Å². The number of nitrogens with two attached hydrogens (primary N) is 1. The first kappa shape index (κ1) is 15.1. The number of esters is 1. The first-order valence-corrected chi connectivity index (χ1v) is 6.85. The molecule has 0 unspecified atom stereocenters. The molecule has 1 aromatic heterocycles. The van der Waals surface area contributed by atoms with Gasteiger partial charge in [0.1, 0.15) is 5.82 Å². The van der Waals surface area contributed by atoms with Crippen molar-refractivity contribution in [2.75, 3.05) is 17.7 Å². The highest BCUT2D eigenvalue weighted by Gasteiger charge is 2.13. The number of halogens is 1. The lowest BCUT2D eigenvalue weighted by atomic mass is 10.2. The van der Waals surface area contributed by atoms with Crippen molar-refractivity contribution in [3.63, 3.8) is 0 Å². The van der Waals surface area contributed by atoms with Crippen molar-refractivity contribution >= 4 is 34.8 Å². The number of aromatic nitrogens is 1. The summed E-state index contributed by atoms with van der Waals surface area (Å²) in [5, 5.41) is 3.77. The molecule has 5 nitrogen and oxygen atoms in total. The van der Waals surface area contributed by atoms with Gasteiger partial charge in [0, 0.05) is 10.7 Å². The second-order valence-corrected chi connectivity index (χ2v) is 4.82. The maximum absolute atomic E-state index is 11.8. The van der Waals surface area contributed by atoms with E-state index in [0.717, 1.165) is 11.3 Å². The fraction of sp³-hybridized carbons (Fsp3) is 0.200. The standard InChI is InChI=1S/C15H16ClN3O2/c1-3-21-15(20)10-7-14(18-8-12(10)17)19-13-6-4-5-11(16)9(13)2/h4-8H,3,17H2,1-2H3,(H,18,19). The summed E-state index contributed by atoms with van der Waals surface area (Å²) in [5.74, 6) is 0.0286. The Balaban J connectivity index is 2.31. The van der Waals surface area contributed by atoms with Crippen LogP contribution in [0.4, 0.5) is 17.2 Å². The van der Waals surface area contributed by atoms with E-state index in [1.165, 1.54) is 6.20 Å². The van der Waals surface area contributed by atoms with Gasteiger partial charge in [-0.3, -0.25) is 0 Å². The van der Waals surface area contributed by atoms with Crippen molar-refractivity contribution in [3.05, 3.63) is 46.6 Å². The fourth-order valence-corrected chi connectivity index (χ4v) is 1.98. The number of benzene rings is 1. The van der Waals surface area contributed by atoms with E-state index in [4.69, 9.17) is 22.1 Å². The number of anilines is 3. The van der Waals surface area contributed by atoms with Gasteiger partial charge in [-0.2, -0.15) is 0 Å². The van der Waals surface area contributed by atoms with Gasteiger partial charge in [-0.1, -0.05) is 17.7 Å². The summed E-state index contributed by atoms with van der Waals surface area (Å²) in [5.41, 5.74) is 8.03. The van der Waals surface area contributed by atoms with E-state index in [1.807, 2.05) is 25.1 Å². The summed E-state index contributed by atoms with van der Waals surface area (Å²) in [6, 6.07) is 7.08. The van der Waals surface area contributed by atoms with E-state index in [-0.39, 0.29) is 17.9 Å². The van der Waals surface area contributed by atoms with Crippen LogP contribution in [0.5, 0.6) is 0 Å². The number of nitrogen functional groups attached to an aromatic ring is 1. The third kappa shape index (κ3) is 3.44. The Bertz CT molecular complexity index is 674. The van der Waals surface area contributed by atoms with Crippen LogP contribution in [0.3, 0.4) is 0 Å². The number of nitrogens with one attached hydrogen (secondary N) is 1. The molecule has 3 N–H and O–H groups in total. The number of nitrogens with zero attached hydrogens (tertiary/aromatic N) is 1. The van der Waals surface area contributed by atoms with Crippen LogP contribution in [0, 0.1) is 6.92 Å². The van der Waals surface area contributed by atoms with Crippen molar-refractivity contribution in [2.45, 2.75) is 13.8 Å². The molecular weight excluding hydrogens is 290 g/mol. The highest BCUT2D eigenvalue weighted by Crippen LogP contribution is 2.26. The van der Waals surface area contributed by atoms with Gasteiger partial charge in [-0.05, 0) is 37.6 Å². The van der Waals surface area contributed by atoms with Crippen LogP contribution in [0.25, 0.3) is 0 Å². The molecule has 0 saturated carbocycles. The largest absolute Gasteiger partial charge is 0.462 e. The van der Waals surface area contributed by atoms with Crippen molar-refractivity contribution in [1.82, 2.24) is 4.98 Å². The Morgan fingerprint density at radius 2 is 2.24 bits per heavy atom. The van der Waals surface area contributed by atoms with E-state index >= 15 is 0 Å². The van der Waals surface area contributed by atoms with Crippen molar-refractivity contribution in [2.24, 2.45) is 0 Å². The average Bonchev–Trinajstić information content (AvgIpc) is 2.46. The van der Waals surface area contributed by atoms with Crippen molar-refractivity contribution in [3.8, 4) is 0 Å². The molecule has 2 aromatic rings. The molecule has 2 rings (SSSR count). The third-order valence-corrected chi connectivity index (χ3v) is 3.37. The summed E-state index contributed by atoms with van der Waals surface area (Å²) >= 11 is 6.07. The molecule has 0 bridgehead atoms. The maximum atomic E-state index is 11.8. The van der Waals surface area contributed by atoms with Crippen LogP contribution >= 0.6 is 11.6 Å². The topological polar surface area (TPSA) is 77.2 Å². The van der Waals surface area contributed by atoms with Gasteiger partial charge in [0.2, 0.25) is 0 Å². The minimum absolute atomic E-state index is 0.279. The van der Waals surface area contributed by atoms with Gasteiger partial charge in [0.25, 0.3) is 0 Å². The molecular formula is C15H16ClN3O2. The van der Waals surface area contributed by atoms with Crippen LogP contribution in [0.2, 0.25) is 5.02 Å². The fourth-order valence-electron chi connectivity index (χ4n) is 1.80. The zero-order valence-corrected chi connectivity index (χ0v) is 12.6. The van der Waals surface area contributed by atoms with E-state index in [0.29, 0.717) is 10.8 Å². The summed E-state index contributed by atoms with van der Waals surface area (Å²) in [4.78, 5) is 16.0. The molecule has 0 amide bonds. The minimum Gasteiger partial charge on any atom is -0.462 e. The summed E-state index contributed by atoms with van der Waals surface area (Å²) in [6.45, 7) is 3.93. The highest BCUT2D eigenvalue weighted by molar-refractivity contribution is 6.31. The van der Waals surface area contributed by atoms with Crippen molar-refractivity contribution in [1.29, 1.82) is 0 Å². The summed E-state index contributed by atoms with van der Waals surface area (Å²) < 4.78 is 4.96. The van der Waals surface area contributed by atoms with Crippen LogP contribution in [-0.2, 0) is 4.74 Å². The van der Waals surface area contributed by atoms with Gasteiger partial charge >= 0.3 is 5.97 Å². The monoisotopic (exact) mass is 305 g/mol.